The molecule has 0 aliphatic carbocycles. The molecule has 7 heteroatoms. The Bertz CT molecular complexity index is 1570. The number of amides is 1. The number of para-hydroxylation sites is 2. The molecule has 2 aromatic carbocycles. The van der Waals surface area contributed by atoms with Crippen molar-refractivity contribution in [3.8, 4) is 0 Å². The summed E-state index contributed by atoms with van der Waals surface area (Å²) in [6.45, 7) is 0.294. The summed E-state index contributed by atoms with van der Waals surface area (Å²) in [7, 11) is 0. The molecular weight excluding hydrogens is 430 g/mol. The highest BCUT2D eigenvalue weighted by molar-refractivity contribution is 6.46. The van der Waals surface area contributed by atoms with Gasteiger partial charge in [0.1, 0.15) is 17.6 Å². The second-order valence-electron chi connectivity index (χ2n) is 8.37. The summed E-state index contributed by atoms with van der Waals surface area (Å²) in [4.78, 5) is 34.2. The molecule has 5 aromatic rings. The normalized spacial score (nSPS) is 17.9. The second-order valence-corrected chi connectivity index (χ2v) is 8.37. The van der Waals surface area contributed by atoms with Gasteiger partial charge in [-0.25, -0.2) is 0 Å². The molecule has 6 rings (SSSR count). The lowest BCUT2D eigenvalue weighted by atomic mass is 9.99. The third-order valence-corrected chi connectivity index (χ3v) is 6.49. The second kappa shape index (κ2) is 7.81. The molecule has 1 aliphatic rings. The molecule has 34 heavy (non-hydrogen) atoms. The van der Waals surface area contributed by atoms with Gasteiger partial charge in [-0.05, 0) is 36.2 Å². The Morgan fingerprint density at radius 3 is 2.38 bits per heavy atom. The molecule has 1 atom stereocenters. The van der Waals surface area contributed by atoms with E-state index in [1.54, 1.807) is 18.3 Å². The number of hydrogen-bond acceptors (Lipinski definition) is 4. The van der Waals surface area contributed by atoms with Gasteiger partial charge in [-0.2, -0.15) is 0 Å². The van der Waals surface area contributed by atoms with E-state index in [-0.39, 0.29) is 11.3 Å². The van der Waals surface area contributed by atoms with Crippen LogP contribution in [-0.4, -0.2) is 38.2 Å². The number of H-pyrrole nitrogens is 2. The molecule has 3 N–H and O–H groups in total. The van der Waals surface area contributed by atoms with Gasteiger partial charge in [0.05, 0.1) is 11.8 Å². The molecule has 1 unspecified atom stereocenters. The van der Waals surface area contributed by atoms with Crippen LogP contribution >= 0.6 is 0 Å². The third-order valence-electron chi connectivity index (χ3n) is 6.49. The number of aromatic amines is 2. The molecule has 168 valence electrons. The number of fused-ring (bicyclic) bond motifs is 2. The van der Waals surface area contributed by atoms with Crippen molar-refractivity contribution in [2.24, 2.45) is 0 Å². The number of nitrogens with zero attached hydrogens (tertiary/aromatic N) is 1. The van der Waals surface area contributed by atoms with Crippen LogP contribution in [0, 0.1) is 0 Å². The molecule has 1 amide bonds. The summed E-state index contributed by atoms with van der Waals surface area (Å²) in [5.74, 6) is -1.16. The van der Waals surface area contributed by atoms with Crippen molar-refractivity contribution in [1.82, 2.24) is 14.9 Å². The first-order valence-corrected chi connectivity index (χ1v) is 11.1. The van der Waals surface area contributed by atoms with Crippen molar-refractivity contribution in [2.45, 2.75) is 12.5 Å². The van der Waals surface area contributed by atoms with E-state index in [9.17, 15) is 14.7 Å². The van der Waals surface area contributed by atoms with E-state index >= 15 is 0 Å². The highest BCUT2D eigenvalue weighted by atomic mass is 16.3. The maximum Gasteiger partial charge on any atom is 0.295 e. The van der Waals surface area contributed by atoms with E-state index in [1.807, 2.05) is 54.7 Å². The van der Waals surface area contributed by atoms with Gasteiger partial charge in [-0.3, -0.25) is 9.59 Å². The number of hydrogen-bond donors (Lipinski definition) is 3. The first-order valence-electron chi connectivity index (χ1n) is 11.1. The fraction of sp³-hybridized carbons (Fsp3) is 0.111. The molecule has 0 radical (unpaired) electrons. The largest absolute Gasteiger partial charge is 0.507 e. The van der Waals surface area contributed by atoms with Gasteiger partial charge >= 0.3 is 0 Å². The number of ketones is 1. The van der Waals surface area contributed by atoms with Gasteiger partial charge in [0.15, 0.2) is 0 Å². The van der Waals surface area contributed by atoms with E-state index in [2.05, 4.69) is 9.97 Å². The number of aliphatic hydroxyl groups excluding tert-OH is 1. The van der Waals surface area contributed by atoms with Crippen LogP contribution in [-0.2, 0) is 16.0 Å². The summed E-state index contributed by atoms with van der Waals surface area (Å²) < 4.78 is 5.63. The molecule has 1 saturated heterocycles. The van der Waals surface area contributed by atoms with Crippen LogP contribution in [0.1, 0.15) is 22.9 Å². The molecule has 0 bridgehead atoms. The van der Waals surface area contributed by atoms with Crippen molar-refractivity contribution in [1.29, 1.82) is 0 Å². The standard InChI is InChI=1S/C27H21N3O4/c31-25(19-15-29-21-9-4-2-7-18(19)21)23-24(22-10-5-13-34-22)30(27(33)26(23)32)12-11-16-14-28-20-8-3-1-6-17(16)20/h1-10,13-15,24,28-29,31H,11-12H2/b25-23-. The lowest BCUT2D eigenvalue weighted by Gasteiger charge is -2.23. The van der Waals surface area contributed by atoms with Gasteiger partial charge in [-0.1, -0.05) is 36.4 Å². The first kappa shape index (κ1) is 20.1. The maximum atomic E-state index is 13.2. The Labute approximate surface area is 194 Å². The lowest BCUT2D eigenvalue weighted by molar-refractivity contribution is -0.140. The smallest absolute Gasteiger partial charge is 0.295 e. The molecule has 7 nitrogen and oxygen atoms in total. The Balaban J connectivity index is 1.42. The van der Waals surface area contributed by atoms with Crippen LogP contribution in [0.3, 0.4) is 0 Å². The number of carbonyl (C=O) groups excluding carboxylic acids is 2. The van der Waals surface area contributed by atoms with E-state index in [0.29, 0.717) is 24.3 Å². The van der Waals surface area contributed by atoms with Crippen molar-refractivity contribution in [3.63, 3.8) is 0 Å². The van der Waals surface area contributed by atoms with Gasteiger partial charge in [-0.15, -0.1) is 0 Å². The molecule has 3 aromatic heterocycles. The molecule has 0 saturated carbocycles. The van der Waals surface area contributed by atoms with Crippen LogP contribution in [0.15, 0.2) is 89.3 Å². The zero-order valence-corrected chi connectivity index (χ0v) is 18.1. The van der Waals surface area contributed by atoms with E-state index in [4.69, 9.17) is 4.42 Å². The van der Waals surface area contributed by atoms with Crippen LogP contribution in [0.25, 0.3) is 27.6 Å². The first-order chi connectivity index (χ1) is 16.6. The Kier molecular flexibility index (Phi) is 4.62. The predicted molar refractivity (Wildman–Crippen MR) is 128 cm³/mol. The topological polar surface area (TPSA) is 102 Å². The summed E-state index contributed by atoms with van der Waals surface area (Å²) in [5, 5.41) is 13.1. The number of rotatable bonds is 5. The molecule has 1 fully saturated rings. The average molecular weight is 451 g/mol. The third kappa shape index (κ3) is 3.05. The Morgan fingerprint density at radius 2 is 1.62 bits per heavy atom. The minimum Gasteiger partial charge on any atom is -0.507 e. The van der Waals surface area contributed by atoms with Crippen LogP contribution in [0.2, 0.25) is 0 Å². The highest BCUT2D eigenvalue weighted by Crippen LogP contribution is 2.40. The number of aliphatic hydroxyl groups is 1. The fourth-order valence-electron chi connectivity index (χ4n) is 4.85. The van der Waals surface area contributed by atoms with Crippen molar-refractivity contribution < 1.29 is 19.1 Å². The van der Waals surface area contributed by atoms with Crippen molar-refractivity contribution in [2.75, 3.05) is 6.54 Å². The highest BCUT2D eigenvalue weighted by Gasteiger charge is 2.47. The van der Waals surface area contributed by atoms with Crippen LogP contribution in [0.5, 0.6) is 0 Å². The minimum atomic E-state index is -0.811. The Hall–Kier alpha value is -4.52. The summed E-state index contributed by atoms with van der Waals surface area (Å²) >= 11 is 0. The van der Waals surface area contributed by atoms with Gasteiger partial charge in [0.25, 0.3) is 11.7 Å². The summed E-state index contributed by atoms with van der Waals surface area (Å²) in [6.07, 6.45) is 5.62. The SMILES string of the molecule is O=C1C(=O)N(CCc2c[nH]c3ccccc23)C(c2ccco2)/C1=C(/O)c1c[nH]c2ccccc12. The zero-order chi connectivity index (χ0) is 23.2. The van der Waals surface area contributed by atoms with Crippen molar-refractivity contribution >= 4 is 39.3 Å². The van der Waals surface area contributed by atoms with Gasteiger partial charge in [0, 0.05) is 46.3 Å². The average Bonchev–Trinajstić information content (AvgIpc) is 3.65. The predicted octanol–water partition coefficient (Wildman–Crippen LogP) is 4.91. The van der Waals surface area contributed by atoms with Gasteiger partial charge < -0.3 is 24.4 Å². The van der Waals surface area contributed by atoms with Crippen LogP contribution in [0.4, 0.5) is 0 Å². The molecular formula is C27H21N3O4. The molecule has 1 aliphatic heterocycles. The lowest BCUT2D eigenvalue weighted by Crippen LogP contribution is -2.31. The quantitative estimate of drug-likeness (QED) is 0.201. The van der Waals surface area contributed by atoms with E-state index < -0.39 is 17.7 Å². The van der Waals surface area contributed by atoms with Gasteiger partial charge in [0.2, 0.25) is 0 Å². The number of likely N-dealkylation sites (tertiary alicyclic amines) is 1. The summed E-state index contributed by atoms with van der Waals surface area (Å²) in [5.41, 5.74) is 3.39. The zero-order valence-electron chi connectivity index (χ0n) is 18.1. The molecule has 0 spiro atoms. The monoisotopic (exact) mass is 451 g/mol. The number of furan rings is 1. The van der Waals surface area contributed by atoms with E-state index in [0.717, 1.165) is 27.4 Å². The number of benzene rings is 2. The number of aromatic nitrogens is 2. The minimum absolute atomic E-state index is 0.0311. The fourth-order valence-corrected chi connectivity index (χ4v) is 4.85. The summed E-state index contributed by atoms with van der Waals surface area (Å²) in [6, 6.07) is 18.1. The number of Topliss-reactive ketones (excluding diaryl/α,β-unsaturated/α-hetero) is 1. The number of nitrogens with one attached hydrogen (secondary N) is 2. The Morgan fingerprint density at radius 1 is 0.912 bits per heavy atom. The van der Waals surface area contributed by atoms with Crippen LogP contribution < -0.4 is 0 Å². The number of carbonyl (C=O) groups is 2. The van der Waals surface area contributed by atoms with E-state index in [1.165, 1.54) is 11.2 Å². The maximum absolute atomic E-state index is 13.2. The van der Waals surface area contributed by atoms with Crippen molar-refractivity contribution in [3.05, 3.63) is 102 Å². The molecule has 4 heterocycles.